The number of carbonyl (C=O) groups excluding carboxylic acids is 1. The van der Waals surface area contributed by atoms with E-state index in [9.17, 15) is 15.0 Å². The van der Waals surface area contributed by atoms with Crippen LogP contribution in [0.15, 0.2) is 42.5 Å². The van der Waals surface area contributed by atoms with Crippen molar-refractivity contribution in [3.05, 3.63) is 53.6 Å². The molecule has 0 aliphatic carbocycles. The third kappa shape index (κ3) is 3.07. The molecule has 0 atom stereocenters. The molecule has 0 bridgehead atoms. The number of aromatic nitrogens is 1. The van der Waals surface area contributed by atoms with E-state index in [1.54, 1.807) is 0 Å². The van der Waals surface area contributed by atoms with Crippen molar-refractivity contribution in [3.63, 3.8) is 0 Å². The van der Waals surface area contributed by atoms with Crippen LogP contribution in [0.1, 0.15) is 15.9 Å². The van der Waals surface area contributed by atoms with Gasteiger partial charge in [-0.1, -0.05) is 24.3 Å². The van der Waals surface area contributed by atoms with Gasteiger partial charge in [0.05, 0.1) is 22.2 Å². The smallest absolute Gasteiger partial charge is 0.258 e. The number of nitrogens with one attached hydrogen (secondary N) is 2. The van der Waals surface area contributed by atoms with Crippen molar-refractivity contribution in [2.24, 2.45) is 5.73 Å². The van der Waals surface area contributed by atoms with Crippen molar-refractivity contribution in [2.75, 3.05) is 0 Å². The molecule has 6 N–H and O–H groups in total. The highest BCUT2D eigenvalue weighted by Gasteiger charge is 2.18. The van der Waals surface area contributed by atoms with E-state index in [-0.39, 0.29) is 28.0 Å². The molecule has 0 radical (unpaired) electrons. The summed E-state index contributed by atoms with van der Waals surface area (Å²) in [6.07, 6.45) is 0. The number of amides is 1. The third-order valence-electron chi connectivity index (χ3n) is 3.79. The van der Waals surface area contributed by atoms with Gasteiger partial charge in [-0.25, -0.2) is 4.98 Å². The summed E-state index contributed by atoms with van der Waals surface area (Å²) in [6, 6.07) is 11.5. The Bertz CT molecular complexity index is 1010. The lowest BCUT2D eigenvalue weighted by molar-refractivity contribution is 0.0978. The molecule has 25 heavy (non-hydrogen) atoms. The Kier molecular flexibility index (Phi) is 3.98. The molecular formula is C18H16N4O3. The highest BCUT2D eigenvalue weighted by molar-refractivity contribution is 6.13. The number of pyridine rings is 1. The molecular weight excluding hydrogens is 320 g/mol. The molecule has 2 aromatic carbocycles. The molecule has 0 unspecified atom stereocenters. The summed E-state index contributed by atoms with van der Waals surface area (Å²) in [6.45, 7) is 1.91. The first kappa shape index (κ1) is 16.3. The van der Waals surface area contributed by atoms with Gasteiger partial charge in [0.1, 0.15) is 11.5 Å². The zero-order valence-electron chi connectivity index (χ0n) is 13.4. The number of hydrogen-bond acceptors (Lipinski definition) is 5. The predicted octanol–water partition coefficient (Wildman–Crippen LogP) is 2.24. The van der Waals surface area contributed by atoms with Gasteiger partial charge >= 0.3 is 0 Å². The number of hydrogen-bond donors (Lipinski definition) is 5. The number of aromatic hydroxyl groups is 2. The Balaban J connectivity index is 2.33. The fourth-order valence-corrected chi connectivity index (χ4v) is 2.70. The molecule has 1 amide bonds. The zero-order chi connectivity index (χ0) is 18.1. The van der Waals surface area contributed by atoms with Gasteiger partial charge in [0.25, 0.3) is 5.91 Å². The Hall–Kier alpha value is -3.61. The number of aryl methyl sites for hydroxylation is 1. The number of nitrogens with two attached hydrogens (primary N) is 1. The van der Waals surface area contributed by atoms with Crippen molar-refractivity contribution in [1.82, 2.24) is 10.3 Å². The van der Waals surface area contributed by atoms with Crippen LogP contribution in [0.4, 0.5) is 0 Å². The van der Waals surface area contributed by atoms with Crippen molar-refractivity contribution < 1.29 is 15.0 Å². The molecule has 0 saturated carbocycles. The minimum absolute atomic E-state index is 0.107. The highest BCUT2D eigenvalue weighted by Crippen LogP contribution is 2.34. The largest absolute Gasteiger partial charge is 0.508 e. The number of phenolic OH excluding ortho intramolecular Hbond substituents is 2. The van der Waals surface area contributed by atoms with Crippen LogP contribution < -0.4 is 11.1 Å². The topological polar surface area (TPSA) is 132 Å². The molecule has 3 aromatic rings. The molecule has 3 rings (SSSR count). The van der Waals surface area contributed by atoms with Crippen molar-refractivity contribution in [1.29, 1.82) is 5.41 Å². The van der Waals surface area contributed by atoms with Crippen LogP contribution in [0.25, 0.3) is 22.2 Å². The van der Waals surface area contributed by atoms with E-state index in [1.165, 1.54) is 12.1 Å². The summed E-state index contributed by atoms with van der Waals surface area (Å²) >= 11 is 0. The van der Waals surface area contributed by atoms with Crippen LogP contribution in [0.2, 0.25) is 0 Å². The number of carbonyl (C=O) groups is 1. The lowest BCUT2D eigenvalue weighted by atomic mass is 10.00. The summed E-state index contributed by atoms with van der Waals surface area (Å²) in [5.41, 5.74) is 7.88. The fourth-order valence-electron chi connectivity index (χ4n) is 2.70. The zero-order valence-corrected chi connectivity index (χ0v) is 13.4. The molecule has 0 spiro atoms. The van der Waals surface area contributed by atoms with Gasteiger partial charge in [-0.3, -0.25) is 15.5 Å². The first-order valence-electron chi connectivity index (χ1n) is 7.45. The molecule has 1 heterocycles. The van der Waals surface area contributed by atoms with Crippen LogP contribution in [0, 0.1) is 12.3 Å². The van der Waals surface area contributed by atoms with Gasteiger partial charge in [0.2, 0.25) is 0 Å². The Labute approximate surface area is 143 Å². The maximum absolute atomic E-state index is 12.4. The van der Waals surface area contributed by atoms with Gasteiger partial charge in [-0.15, -0.1) is 0 Å². The molecule has 1 aromatic heterocycles. The Morgan fingerprint density at radius 3 is 2.60 bits per heavy atom. The van der Waals surface area contributed by atoms with Crippen LogP contribution in [-0.4, -0.2) is 27.1 Å². The van der Waals surface area contributed by atoms with Gasteiger partial charge in [0.15, 0.2) is 5.96 Å². The van der Waals surface area contributed by atoms with Gasteiger partial charge in [0, 0.05) is 17.7 Å². The minimum Gasteiger partial charge on any atom is -0.508 e. The summed E-state index contributed by atoms with van der Waals surface area (Å²) < 4.78 is 0. The van der Waals surface area contributed by atoms with Crippen LogP contribution in [0.5, 0.6) is 11.5 Å². The number of fused-ring (bicyclic) bond motifs is 1. The van der Waals surface area contributed by atoms with E-state index in [4.69, 9.17) is 11.1 Å². The maximum Gasteiger partial charge on any atom is 0.258 e. The van der Waals surface area contributed by atoms with Gasteiger partial charge in [-0.2, -0.15) is 0 Å². The number of guanidine groups is 1. The molecule has 7 nitrogen and oxygen atoms in total. The average molecular weight is 336 g/mol. The molecule has 7 heteroatoms. The lowest BCUT2D eigenvalue weighted by Crippen LogP contribution is -2.35. The normalized spacial score (nSPS) is 10.6. The van der Waals surface area contributed by atoms with E-state index in [0.29, 0.717) is 5.69 Å². The standard InChI is InChI=1S/C18H16N4O3/c1-9-4-2-3-5-11(9)13-8-12(17(25)22-18(19)20)16-14(21-13)6-10(23)7-15(16)24/h2-8,23-24H,1H3,(H4,19,20,22,25). The Morgan fingerprint density at radius 2 is 1.92 bits per heavy atom. The van der Waals surface area contributed by atoms with Gasteiger partial charge < -0.3 is 15.9 Å². The van der Waals surface area contributed by atoms with Crippen LogP contribution >= 0.6 is 0 Å². The maximum atomic E-state index is 12.4. The summed E-state index contributed by atoms with van der Waals surface area (Å²) in [5, 5.41) is 29.5. The number of benzene rings is 2. The molecule has 0 aliphatic rings. The minimum atomic E-state index is -0.643. The number of nitrogens with zero attached hydrogens (tertiary/aromatic N) is 1. The first-order valence-corrected chi connectivity index (χ1v) is 7.45. The second-order valence-electron chi connectivity index (χ2n) is 5.60. The second kappa shape index (κ2) is 6.12. The van der Waals surface area contributed by atoms with Crippen LogP contribution in [0.3, 0.4) is 0 Å². The SMILES string of the molecule is Cc1ccccc1-c1cc(C(=O)NC(=N)N)c2c(O)cc(O)cc2n1. The second-order valence-corrected chi connectivity index (χ2v) is 5.60. The third-order valence-corrected chi connectivity index (χ3v) is 3.79. The summed E-state index contributed by atoms with van der Waals surface area (Å²) in [7, 11) is 0. The lowest BCUT2D eigenvalue weighted by Gasteiger charge is -2.12. The Morgan fingerprint density at radius 1 is 1.20 bits per heavy atom. The van der Waals surface area contributed by atoms with E-state index in [0.717, 1.165) is 17.2 Å². The average Bonchev–Trinajstić information content (AvgIpc) is 2.53. The fraction of sp³-hybridized carbons (Fsp3) is 0.0556. The van der Waals surface area contributed by atoms with E-state index in [1.807, 2.05) is 31.2 Å². The number of rotatable bonds is 2. The number of phenols is 2. The molecule has 0 fully saturated rings. The van der Waals surface area contributed by atoms with E-state index >= 15 is 0 Å². The van der Waals surface area contributed by atoms with Gasteiger partial charge in [-0.05, 0) is 18.6 Å². The highest BCUT2D eigenvalue weighted by atomic mass is 16.3. The monoisotopic (exact) mass is 336 g/mol. The van der Waals surface area contributed by atoms with E-state index in [2.05, 4.69) is 10.3 Å². The molecule has 126 valence electrons. The van der Waals surface area contributed by atoms with Crippen molar-refractivity contribution in [3.8, 4) is 22.8 Å². The molecule has 0 aliphatic heterocycles. The first-order chi connectivity index (χ1) is 11.9. The van der Waals surface area contributed by atoms with E-state index < -0.39 is 11.9 Å². The quantitative estimate of drug-likeness (QED) is 0.362. The van der Waals surface area contributed by atoms with Crippen LogP contribution in [-0.2, 0) is 0 Å². The summed E-state index contributed by atoms with van der Waals surface area (Å²) in [5.74, 6) is -1.61. The van der Waals surface area contributed by atoms with Crippen molar-refractivity contribution >= 4 is 22.8 Å². The predicted molar refractivity (Wildman–Crippen MR) is 94.6 cm³/mol. The summed E-state index contributed by atoms with van der Waals surface area (Å²) in [4.78, 5) is 16.9. The molecule has 0 saturated heterocycles. The van der Waals surface area contributed by atoms with Crippen molar-refractivity contribution in [2.45, 2.75) is 6.92 Å².